The Bertz CT molecular complexity index is 1460. The molecule has 216 valence electrons. The predicted molar refractivity (Wildman–Crippen MR) is 167 cm³/mol. The molecule has 3 aliphatic rings. The van der Waals surface area contributed by atoms with E-state index in [-0.39, 0.29) is 47.1 Å². The van der Waals surface area contributed by atoms with Crippen LogP contribution in [0.5, 0.6) is 0 Å². The van der Waals surface area contributed by atoms with Crippen molar-refractivity contribution in [1.29, 1.82) is 0 Å². The summed E-state index contributed by atoms with van der Waals surface area (Å²) in [6.07, 6.45) is 17.6. The van der Waals surface area contributed by atoms with Crippen LogP contribution in [0.1, 0.15) is 56.9 Å². The Balaban J connectivity index is 1.41. The fourth-order valence-corrected chi connectivity index (χ4v) is 6.79. The maximum absolute atomic E-state index is 5.22. The molecule has 0 aliphatic carbocycles. The van der Waals surface area contributed by atoms with E-state index >= 15 is 0 Å². The highest BCUT2D eigenvalue weighted by molar-refractivity contribution is 5.77. The Morgan fingerprint density at radius 3 is 2.02 bits per heavy atom. The Hall–Kier alpha value is -4.14. The van der Waals surface area contributed by atoms with Gasteiger partial charge in [0, 0.05) is 60.1 Å². The lowest BCUT2D eigenvalue weighted by Crippen LogP contribution is -2.77. The van der Waals surface area contributed by atoms with Crippen LogP contribution in [0.3, 0.4) is 0 Å². The van der Waals surface area contributed by atoms with Crippen molar-refractivity contribution < 1.29 is 0 Å². The molecular weight excluding hydrogens is 520 g/mol. The van der Waals surface area contributed by atoms with Crippen LogP contribution in [-0.4, -0.2) is 45.3 Å². The number of rotatable bonds is 6. The number of dihydropyridines is 1. The average molecular weight is 561 g/mol. The van der Waals surface area contributed by atoms with Crippen LogP contribution in [0.4, 0.5) is 0 Å². The molecule has 6 heterocycles. The number of aromatic nitrogens is 3. The molecule has 2 fully saturated rings. The molecule has 3 aliphatic heterocycles. The first-order valence-electron chi connectivity index (χ1n) is 14.7. The maximum Gasteiger partial charge on any atom is 0.0807 e. The van der Waals surface area contributed by atoms with E-state index in [0.717, 1.165) is 22.8 Å². The third-order valence-electron chi connectivity index (χ3n) is 9.09. The van der Waals surface area contributed by atoms with Crippen molar-refractivity contribution in [3.63, 3.8) is 0 Å². The summed E-state index contributed by atoms with van der Waals surface area (Å²) >= 11 is 0. The summed E-state index contributed by atoms with van der Waals surface area (Å²) in [5, 5.41) is 15.3. The molecular formula is C34H40N8. The Morgan fingerprint density at radius 1 is 0.762 bits per heavy atom. The highest BCUT2D eigenvalue weighted by Crippen LogP contribution is 2.50. The molecule has 42 heavy (non-hydrogen) atoms. The van der Waals surface area contributed by atoms with Gasteiger partial charge in [0.25, 0.3) is 0 Å². The lowest BCUT2D eigenvalue weighted by Gasteiger charge is -2.62. The number of hydrogen-bond donors (Lipinski definition) is 4. The standard InChI is InChI=1S/C34H40N8/c1-33(2)29(39-21-23-13-5-9-17-35-23)27(25-15-7-11-19-37-25)42-32-31(33)41-28(26-16-8-12-20-38-26)30(34(32,3)4)40-22-24-14-6-10-18-36-24/h5-22,27-32,35,39,41-42H,1-4H3/b23-21-,40-22?/t27-,28-,29+,30+,31-,32-/m0/s1. The van der Waals surface area contributed by atoms with Gasteiger partial charge in [-0.05, 0) is 48.6 Å². The summed E-state index contributed by atoms with van der Waals surface area (Å²) < 4.78 is 0. The zero-order valence-electron chi connectivity index (χ0n) is 24.6. The minimum atomic E-state index is -0.254. The largest absolute Gasteiger partial charge is 0.384 e. The number of hydrogen-bond acceptors (Lipinski definition) is 8. The van der Waals surface area contributed by atoms with E-state index in [0.29, 0.717) is 0 Å². The number of fused-ring (bicyclic) bond motifs is 1. The van der Waals surface area contributed by atoms with Crippen LogP contribution in [-0.2, 0) is 0 Å². The lowest BCUT2D eigenvalue weighted by atomic mass is 9.57. The Kier molecular flexibility index (Phi) is 7.75. The minimum Gasteiger partial charge on any atom is -0.384 e. The molecule has 2 saturated heterocycles. The zero-order valence-corrected chi connectivity index (χ0v) is 24.6. The Labute approximate surface area is 248 Å². The molecule has 6 rings (SSSR count). The van der Waals surface area contributed by atoms with Gasteiger partial charge in [-0.2, -0.15) is 0 Å². The highest BCUT2D eigenvalue weighted by Gasteiger charge is 2.60. The molecule has 0 aromatic carbocycles. The molecule has 0 saturated carbocycles. The number of nitrogens with zero attached hydrogens (tertiary/aromatic N) is 4. The molecule has 3 aromatic rings. The predicted octanol–water partition coefficient (Wildman–Crippen LogP) is 4.61. The lowest BCUT2D eigenvalue weighted by molar-refractivity contribution is -0.0364. The summed E-state index contributed by atoms with van der Waals surface area (Å²) in [6, 6.07) is 18.2. The van der Waals surface area contributed by atoms with Gasteiger partial charge in [-0.25, -0.2) is 0 Å². The Morgan fingerprint density at radius 2 is 1.40 bits per heavy atom. The monoisotopic (exact) mass is 560 g/mol. The van der Waals surface area contributed by atoms with Gasteiger partial charge < -0.3 is 21.3 Å². The molecule has 8 heteroatoms. The highest BCUT2D eigenvalue weighted by atomic mass is 15.2. The average Bonchev–Trinajstić information content (AvgIpc) is 3.01. The van der Waals surface area contributed by atoms with Crippen molar-refractivity contribution in [2.24, 2.45) is 15.8 Å². The minimum absolute atomic E-state index is 0.0310. The first-order valence-corrected chi connectivity index (χ1v) is 14.7. The van der Waals surface area contributed by atoms with Crippen LogP contribution < -0.4 is 21.3 Å². The summed E-state index contributed by atoms with van der Waals surface area (Å²) in [4.78, 5) is 19.4. The fraction of sp³-hybridized carbons (Fsp3) is 0.353. The number of nitrogens with one attached hydrogen (secondary N) is 4. The van der Waals surface area contributed by atoms with Crippen LogP contribution in [0.25, 0.3) is 0 Å². The van der Waals surface area contributed by atoms with E-state index in [1.807, 2.05) is 67.3 Å². The zero-order chi connectivity index (χ0) is 29.2. The van der Waals surface area contributed by atoms with Crippen molar-refractivity contribution in [1.82, 2.24) is 36.2 Å². The quantitative estimate of drug-likeness (QED) is 0.327. The van der Waals surface area contributed by atoms with Gasteiger partial charge in [0.15, 0.2) is 0 Å². The number of pyridine rings is 3. The van der Waals surface area contributed by atoms with Gasteiger partial charge >= 0.3 is 0 Å². The van der Waals surface area contributed by atoms with Crippen LogP contribution in [0.2, 0.25) is 0 Å². The molecule has 0 bridgehead atoms. The third kappa shape index (κ3) is 5.40. The molecule has 6 atom stereocenters. The van der Waals surface area contributed by atoms with Crippen molar-refractivity contribution in [2.75, 3.05) is 0 Å². The van der Waals surface area contributed by atoms with E-state index in [9.17, 15) is 0 Å². The SMILES string of the molecule is CC1(C)[C@H](N=Cc2ccccn2)[C@H](c2ccccn2)N[C@H]2[C@@H]1N[C@@H](c1ccccn1)[C@@H](N/C=C1/C=CC=CN1)C2(C)C. The molecule has 3 aromatic heterocycles. The van der Waals surface area contributed by atoms with Crippen LogP contribution in [0, 0.1) is 10.8 Å². The van der Waals surface area contributed by atoms with Gasteiger partial charge in [0.1, 0.15) is 0 Å². The maximum atomic E-state index is 5.22. The van der Waals surface area contributed by atoms with Gasteiger partial charge in [0.2, 0.25) is 0 Å². The topological polar surface area (TPSA) is 99.2 Å². The molecule has 0 radical (unpaired) electrons. The molecule has 0 unspecified atom stereocenters. The van der Waals surface area contributed by atoms with E-state index in [1.165, 1.54) is 0 Å². The number of piperidine rings is 2. The smallest absolute Gasteiger partial charge is 0.0807 e. The normalized spacial score (nSPS) is 30.5. The van der Waals surface area contributed by atoms with Gasteiger partial charge in [-0.15, -0.1) is 0 Å². The number of aliphatic imine (C=N–C) groups is 1. The molecule has 4 N–H and O–H groups in total. The van der Waals surface area contributed by atoms with Crippen molar-refractivity contribution >= 4 is 6.21 Å². The first-order chi connectivity index (χ1) is 20.4. The second-order valence-electron chi connectivity index (χ2n) is 12.5. The summed E-state index contributed by atoms with van der Waals surface area (Å²) in [6.45, 7) is 9.38. The van der Waals surface area contributed by atoms with E-state index in [1.54, 1.807) is 6.20 Å². The fourth-order valence-electron chi connectivity index (χ4n) is 6.79. The van der Waals surface area contributed by atoms with Gasteiger partial charge in [0.05, 0.1) is 46.9 Å². The summed E-state index contributed by atoms with van der Waals surface area (Å²) in [7, 11) is 0. The van der Waals surface area contributed by atoms with Crippen molar-refractivity contribution in [3.8, 4) is 0 Å². The second-order valence-corrected chi connectivity index (χ2v) is 12.5. The molecule has 0 amide bonds. The third-order valence-corrected chi connectivity index (χ3v) is 9.09. The van der Waals surface area contributed by atoms with Crippen molar-refractivity contribution in [2.45, 2.75) is 63.9 Å². The van der Waals surface area contributed by atoms with E-state index in [4.69, 9.17) is 15.0 Å². The number of allylic oxidation sites excluding steroid dienone is 3. The molecule has 0 spiro atoms. The molecule has 8 nitrogen and oxygen atoms in total. The van der Waals surface area contributed by atoms with Gasteiger partial charge in [-0.3, -0.25) is 19.9 Å². The van der Waals surface area contributed by atoms with Crippen LogP contribution in [0.15, 0.2) is 115 Å². The summed E-state index contributed by atoms with van der Waals surface area (Å²) in [5.74, 6) is 0. The van der Waals surface area contributed by atoms with E-state index < -0.39 is 0 Å². The first kappa shape index (κ1) is 28.0. The van der Waals surface area contributed by atoms with Gasteiger partial charge in [-0.1, -0.05) is 52.0 Å². The van der Waals surface area contributed by atoms with Crippen molar-refractivity contribution in [3.05, 3.63) is 127 Å². The van der Waals surface area contributed by atoms with Crippen LogP contribution >= 0.6 is 0 Å². The van der Waals surface area contributed by atoms with E-state index in [2.05, 4.69) is 90.5 Å². The summed E-state index contributed by atoms with van der Waals surface area (Å²) in [5.41, 5.74) is 3.41. The second kappa shape index (κ2) is 11.6.